The van der Waals surface area contributed by atoms with Gasteiger partial charge in [0.15, 0.2) is 0 Å². The molecule has 86 valence electrons. The smallest absolute Gasteiger partial charge is 0.247 e. The van der Waals surface area contributed by atoms with Crippen molar-refractivity contribution in [3.05, 3.63) is 24.0 Å². The molecule has 4 heteroatoms. The van der Waals surface area contributed by atoms with Gasteiger partial charge in [-0.3, -0.25) is 10.1 Å². The minimum Gasteiger partial charge on any atom is -0.336 e. The van der Waals surface area contributed by atoms with E-state index in [0.717, 1.165) is 13.1 Å². The first kappa shape index (κ1) is 9.90. The van der Waals surface area contributed by atoms with Gasteiger partial charge in [-0.2, -0.15) is 0 Å². The van der Waals surface area contributed by atoms with E-state index in [1.54, 1.807) is 0 Å². The van der Waals surface area contributed by atoms with Crippen molar-refractivity contribution < 1.29 is 4.79 Å². The number of rotatable bonds is 1. The van der Waals surface area contributed by atoms with Crippen LogP contribution in [0, 0.1) is 5.92 Å². The van der Waals surface area contributed by atoms with Gasteiger partial charge in [0, 0.05) is 19.3 Å². The molecule has 3 heterocycles. The average Bonchev–Trinajstić information content (AvgIpc) is 2.82. The minimum atomic E-state index is -0.0267. The van der Waals surface area contributed by atoms with Crippen molar-refractivity contribution in [1.82, 2.24) is 14.8 Å². The van der Waals surface area contributed by atoms with E-state index in [1.807, 2.05) is 17.2 Å². The number of nitrogens with zero attached hydrogens (tertiary/aromatic N) is 2. The summed E-state index contributed by atoms with van der Waals surface area (Å²) < 4.78 is 2.13. The lowest BCUT2D eigenvalue weighted by Gasteiger charge is -2.38. The molecule has 0 aromatic carbocycles. The molecule has 2 atom stereocenters. The van der Waals surface area contributed by atoms with E-state index in [9.17, 15) is 4.79 Å². The van der Waals surface area contributed by atoms with Crippen molar-refractivity contribution in [3.8, 4) is 0 Å². The molecule has 0 saturated carbocycles. The Hall–Kier alpha value is -1.29. The van der Waals surface area contributed by atoms with Gasteiger partial charge in [0.25, 0.3) is 0 Å². The first-order chi connectivity index (χ1) is 7.70. The molecule has 0 spiro atoms. The van der Waals surface area contributed by atoms with Gasteiger partial charge in [-0.15, -0.1) is 0 Å². The molecule has 1 aromatic heterocycles. The summed E-state index contributed by atoms with van der Waals surface area (Å²) in [5.74, 6) is 0.592. The van der Waals surface area contributed by atoms with Gasteiger partial charge in [0.1, 0.15) is 12.2 Å². The monoisotopic (exact) mass is 219 g/mol. The molecule has 4 nitrogen and oxygen atoms in total. The van der Waals surface area contributed by atoms with E-state index in [2.05, 4.69) is 29.8 Å². The standard InChI is InChI=1S/C12H17N3O/c1-8(2)10-12(16)15-7-5-13-11(15)9-4-3-6-14(9)10/h3-4,6,8,10-11,13H,5,7H2,1-2H3/t10-,11?/m0/s1. The number of carbonyl (C=O) groups is 1. The Balaban J connectivity index is 2.11. The van der Waals surface area contributed by atoms with Gasteiger partial charge in [-0.05, 0) is 18.1 Å². The molecular weight excluding hydrogens is 202 g/mol. The summed E-state index contributed by atoms with van der Waals surface area (Å²) in [6.45, 7) is 5.94. The van der Waals surface area contributed by atoms with Crippen molar-refractivity contribution in [1.29, 1.82) is 0 Å². The Labute approximate surface area is 95.2 Å². The van der Waals surface area contributed by atoms with Crippen LogP contribution in [0.1, 0.15) is 31.7 Å². The summed E-state index contributed by atoms with van der Waals surface area (Å²) in [5.41, 5.74) is 1.22. The molecule has 1 unspecified atom stereocenters. The zero-order chi connectivity index (χ0) is 11.3. The van der Waals surface area contributed by atoms with Crippen molar-refractivity contribution in [2.24, 2.45) is 5.92 Å². The maximum Gasteiger partial charge on any atom is 0.247 e. The van der Waals surface area contributed by atoms with Gasteiger partial charge < -0.3 is 9.47 Å². The number of nitrogens with one attached hydrogen (secondary N) is 1. The van der Waals surface area contributed by atoms with Crippen molar-refractivity contribution in [2.45, 2.75) is 26.1 Å². The molecule has 16 heavy (non-hydrogen) atoms. The van der Waals surface area contributed by atoms with Gasteiger partial charge in [-0.25, -0.2) is 0 Å². The highest BCUT2D eigenvalue weighted by Gasteiger charge is 2.42. The predicted molar refractivity (Wildman–Crippen MR) is 60.8 cm³/mol. The summed E-state index contributed by atoms with van der Waals surface area (Å²) in [7, 11) is 0. The first-order valence-electron chi connectivity index (χ1n) is 5.91. The van der Waals surface area contributed by atoms with Crippen LogP contribution in [0.25, 0.3) is 0 Å². The van der Waals surface area contributed by atoms with Crippen LogP contribution in [0.5, 0.6) is 0 Å². The van der Waals surface area contributed by atoms with Crippen molar-refractivity contribution in [3.63, 3.8) is 0 Å². The third kappa shape index (κ3) is 1.16. The molecule has 0 radical (unpaired) electrons. The van der Waals surface area contributed by atoms with E-state index in [1.165, 1.54) is 5.69 Å². The lowest BCUT2D eigenvalue weighted by atomic mass is 9.99. The van der Waals surface area contributed by atoms with Crippen LogP contribution in [0.2, 0.25) is 0 Å². The minimum absolute atomic E-state index is 0.0267. The van der Waals surface area contributed by atoms with Crippen LogP contribution >= 0.6 is 0 Å². The Kier molecular flexibility index (Phi) is 2.07. The molecular formula is C12H17N3O. The zero-order valence-corrected chi connectivity index (χ0v) is 9.68. The SMILES string of the molecule is CC(C)[C@H]1C(=O)N2CCNC2c2cccn21. The van der Waals surface area contributed by atoms with Gasteiger partial charge in [0.2, 0.25) is 5.91 Å². The number of carbonyl (C=O) groups excluding carboxylic acids is 1. The van der Waals surface area contributed by atoms with E-state index in [4.69, 9.17) is 0 Å². The average molecular weight is 219 g/mol. The molecule has 1 aromatic rings. The second kappa shape index (κ2) is 3.35. The molecule has 2 aliphatic rings. The Morgan fingerprint density at radius 2 is 2.31 bits per heavy atom. The number of amides is 1. The van der Waals surface area contributed by atoms with Gasteiger partial charge in [-0.1, -0.05) is 13.8 Å². The second-order valence-electron chi connectivity index (χ2n) is 4.92. The van der Waals surface area contributed by atoms with Crippen LogP contribution in [0.15, 0.2) is 18.3 Å². The number of fused-ring (bicyclic) bond motifs is 3. The molecule has 1 N–H and O–H groups in total. The summed E-state index contributed by atoms with van der Waals surface area (Å²) in [6, 6.07) is 4.11. The van der Waals surface area contributed by atoms with Crippen LogP contribution in [0.3, 0.4) is 0 Å². The molecule has 1 saturated heterocycles. The van der Waals surface area contributed by atoms with Crippen LogP contribution < -0.4 is 5.32 Å². The number of aromatic nitrogens is 1. The highest BCUT2D eigenvalue weighted by molar-refractivity contribution is 5.82. The number of hydrogen-bond acceptors (Lipinski definition) is 2. The molecule has 0 bridgehead atoms. The molecule has 0 aliphatic carbocycles. The van der Waals surface area contributed by atoms with Crippen molar-refractivity contribution >= 4 is 5.91 Å². The van der Waals surface area contributed by atoms with Crippen molar-refractivity contribution in [2.75, 3.05) is 13.1 Å². The largest absolute Gasteiger partial charge is 0.336 e. The van der Waals surface area contributed by atoms with Gasteiger partial charge >= 0.3 is 0 Å². The van der Waals surface area contributed by atoms with Gasteiger partial charge in [0.05, 0.1) is 5.69 Å². The van der Waals surface area contributed by atoms with Crippen LogP contribution in [0.4, 0.5) is 0 Å². The Bertz CT molecular complexity index is 424. The predicted octanol–water partition coefficient (Wildman–Crippen LogP) is 1.13. The van der Waals surface area contributed by atoms with Crippen LogP contribution in [-0.4, -0.2) is 28.5 Å². The van der Waals surface area contributed by atoms with E-state index >= 15 is 0 Å². The van der Waals surface area contributed by atoms with E-state index in [-0.39, 0.29) is 18.1 Å². The topological polar surface area (TPSA) is 37.3 Å². The highest BCUT2D eigenvalue weighted by atomic mass is 16.2. The fourth-order valence-corrected chi connectivity index (χ4v) is 2.85. The molecule has 1 amide bonds. The lowest BCUT2D eigenvalue weighted by Crippen LogP contribution is -2.46. The van der Waals surface area contributed by atoms with Crippen LogP contribution in [-0.2, 0) is 4.79 Å². The summed E-state index contributed by atoms with van der Waals surface area (Å²) in [5, 5.41) is 3.37. The quantitative estimate of drug-likeness (QED) is 0.768. The fourth-order valence-electron chi connectivity index (χ4n) is 2.85. The lowest BCUT2D eigenvalue weighted by molar-refractivity contribution is -0.139. The fraction of sp³-hybridized carbons (Fsp3) is 0.583. The maximum atomic E-state index is 12.4. The first-order valence-corrected chi connectivity index (χ1v) is 5.91. The zero-order valence-electron chi connectivity index (χ0n) is 9.68. The molecule has 1 fully saturated rings. The summed E-state index contributed by atoms with van der Waals surface area (Å²) >= 11 is 0. The third-order valence-electron chi connectivity index (χ3n) is 3.56. The van der Waals surface area contributed by atoms with E-state index < -0.39 is 0 Å². The molecule has 3 rings (SSSR count). The Morgan fingerprint density at radius 3 is 3.06 bits per heavy atom. The maximum absolute atomic E-state index is 12.4. The number of hydrogen-bond donors (Lipinski definition) is 1. The highest BCUT2D eigenvalue weighted by Crippen LogP contribution is 2.35. The third-order valence-corrected chi connectivity index (χ3v) is 3.56. The summed E-state index contributed by atoms with van der Waals surface area (Å²) in [4.78, 5) is 14.3. The normalized spacial score (nSPS) is 28.4. The summed E-state index contributed by atoms with van der Waals surface area (Å²) in [6.07, 6.45) is 2.12. The Morgan fingerprint density at radius 1 is 1.50 bits per heavy atom. The molecule has 2 aliphatic heterocycles. The van der Waals surface area contributed by atoms with E-state index in [0.29, 0.717) is 5.92 Å². The second-order valence-corrected chi connectivity index (χ2v) is 4.92.